The number of rotatable bonds is 8. The Kier molecular flexibility index (Phi) is 6.30. The van der Waals surface area contributed by atoms with Crippen LogP contribution in [0.2, 0.25) is 0 Å². The van der Waals surface area contributed by atoms with E-state index in [9.17, 15) is 0 Å². The van der Waals surface area contributed by atoms with Gasteiger partial charge in [-0.3, -0.25) is 9.97 Å². The van der Waals surface area contributed by atoms with E-state index in [-0.39, 0.29) is 10.8 Å². The molecule has 0 bridgehead atoms. The second-order valence-electron chi connectivity index (χ2n) is 9.08. The van der Waals surface area contributed by atoms with Gasteiger partial charge in [0.1, 0.15) is 6.33 Å². The van der Waals surface area contributed by atoms with E-state index in [2.05, 4.69) is 59.8 Å². The third-order valence-corrected chi connectivity index (χ3v) is 5.72. The molecule has 6 heteroatoms. The summed E-state index contributed by atoms with van der Waals surface area (Å²) in [7, 11) is 0. The SMILES string of the molecule is CC(CCC(C)(C)c1cncc(CC(C)(C)c2ccnnc2)n1)c1cncnc1. The zero-order chi connectivity index (χ0) is 20.9. The van der Waals surface area contributed by atoms with Gasteiger partial charge in [0.2, 0.25) is 0 Å². The van der Waals surface area contributed by atoms with E-state index in [1.807, 2.05) is 37.1 Å². The highest BCUT2D eigenvalue weighted by Crippen LogP contribution is 2.32. The van der Waals surface area contributed by atoms with Crippen LogP contribution in [0.4, 0.5) is 0 Å². The molecule has 0 aliphatic rings. The highest BCUT2D eigenvalue weighted by atomic mass is 15.1. The quantitative estimate of drug-likeness (QED) is 0.566. The summed E-state index contributed by atoms with van der Waals surface area (Å²) < 4.78 is 0. The third-order valence-electron chi connectivity index (χ3n) is 5.72. The van der Waals surface area contributed by atoms with Gasteiger partial charge in [-0.25, -0.2) is 9.97 Å². The summed E-state index contributed by atoms with van der Waals surface area (Å²) >= 11 is 0. The van der Waals surface area contributed by atoms with Crippen LogP contribution in [0.3, 0.4) is 0 Å². The van der Waals surface area contributed by atoms with Crippen molar-refractivity contribution in [2.24, 2.45) is 0 Å². The minimum absolute atomic E-state index is 0.0602. The van der Waals surface area contributed by atoms with Gasteiger partial charge in [-0.05, 0) is 41.4 Å². The summed E-state index contributed by atoms with van der Waals surface area (Å²) in [6, 6.07) is 2.02. The molecule has 3 aromatic heterocycles. The average Bonchev–Trinajstić information content (AvgIpc) is 2.73. The molecule has 0 saturated carbocycles. The van der Waals surface area contributed by atoms with Gasteiger partial charge >= 0.3 is 0 Å². The molecule has 3 rings (SSSR count). The Balaban J connectivity index is 1.70. The molecule has 29 heavy (non-hydrogen) atoms. The van der Waals surface area contributed by atoms with Crippen LogP contribution >= 0.6 is 0 Å². The molecule has 3 heterocycles. The number of hydrogen-bond donors (Lipinski definition) is 0. The normalized spacial score (nSPS) is 13.3. The molecule has 1 unspecified atom stereocenters. The lowest BCUT2D eigenvalue weighted by molar-refractivity contribution is 0.423. The third kappa shape index (κ3) is 5.40. The standard InChI is InChI=1S/C23H30N6/c1-17(18-11-25-16-26-12-18)6-8-22(2,3)21-15-24-14-20(29-21)10-23(4,5)19-7-9-27-28-13-19/h7,9,11-17H,6,8,10H2,1-5H3. The molecule has 0 fully saturated rings. The number of nitrogens with zero attached hydrogens (tertiary/aromatic N) is 6. The summed E-state index contributed by atoms with van der Waals surface area (Å²) in [5.74, 6) is 0.407. The summed E-state index contributed by atoms with van der Waals surface area (Å²) in [6.45, 7) is 11.1. The van der Waals surface area contributed by atoms with Crippen LogP contribution < -0.4 is 0 Å². The first-order valence-electron chi connectivity index (χ1n) is 10.1. The van der Waals surface area contributed by atoms with Crippen molar-refractivity contribution in [2.75, 3.05) is 0 Å². The number of aromatic nitrogens is 6. The molecule has 0 aliphatic heterocycles. The minimum Gasteiger partial charge on any atom is -0.261 e. The van der Waals surface area contributed by atoms with E-state index >= 15 is 0 Å². The van der Waals surface area contributed by atoms with E-state index in [0.29, 0.717) is 5.92 Å². The molecular weight excluding hydrogens is 360 g/mol. The minimum atomic E-state index is -0.0881. The molecule has 0 aromatic carbocycles. The first kappa shape index (κ1) is 21.0. The maximum Gasteiger partial charge on any atom is 0.115 e. The fraction of sp³-hybridized carbons (Fsp3) is 0.478. The Hall–Kier alpha value is -2.76. The van der Waals surface area contributed by atoms with Crippen molar-refractivity contribution in [3.8, 4) is 0 Å². The second-order valence-corrected chi connectivity index (χ2v) is 9.08. The summed E-state index contributed by atoms with van der Waals surface area (Å²) in [5, 5.41) is 7.90. The molecule has 6 nitrogen and oxygen atoms in total. The molecule has 3 aromatic rings. The van der Waals surface area contributed by atoms with Crippen molar-refractivity contribution in [2.45, 2.75) is 70.6 Å². The molecule has 0 aliphatic carbocycles. The molecule has 1 atom stereocenters. The van der Waals surface area contributed by atoms with Gasteiger partial charge < -0.3 is 0 Å². The monoisotopic (exact) mass is 390 g/mol. The Labute approximate surface area is 173 Å². The largest absolute Gasteiger partial charge is 0.261 e. The van der Waals surface area contributed by atoms with Crippen LogP contribution in [0.1, 0.15) is 75.9 Å². The highest BCUT2D eigenvalue weighted by Gasteiger charge is 2.26. The van der Waals surface area contributed by atoms with E-state index in [1.165, 1.54) is 5.56 Å². The Morgan fingerprint density at radius 1 is 0.862 bits per heavy atom. The molecule has 0 spiro atoms. The fourth-order valence-electron chi connectivity index (χ4n) is 3.50. The molecule has 0 radical (unpaired) electrons. The van der Waals surface area contributed by atoms with Gasteiger partial charge in [0.25, 0.3) is 0 Å². The van der Waals surface area contributed by atoms with E-state index in [4.69, 9.17) is 4.98 Å². The maximum atomic E-state index is 4.98. The van der Waals surface area contributed by atoms with Gasteiger partial charge in [0, 0.05) is 42.8 Å². The van der Waals surface area contributed by atoms with Crippen LogP contribution in [0.15, 0.2) is 49.6 Å². The van der Waals surface area contributed by atoms with Crippen LogP contribution in [-0.2, 0) is 17.3 Å². The van der Waals surface area contributed by atoms with E-state index < -0.39 is 0 Å². The molecule has 0 amide bonds. The second kappa shape index (κ2) is 8.72. The van der Waals surface area contributed by atoms with Crippen molar-refractivity contribution >= 4 is 0 Å². The molecule has 152 valence electrons. The predicted molar refractivity (Wildman–Crippen MR) is 114 cm³/mol. The van der Waals surface area contributed by atoms with Crippen molar-refractivity contribution in [1.82, 2.24) is 30.1 Å². The van der Waals surface area contributed by atoms with Gasteiger partial charge in [-0.1, -0.05) is 34.6 Å². The Morgan fingerprint density at radius 3 is 2.31 bits per heavy atom. The number of hydrogen-bond acceptors (Lipinski definition) is 6. The highest BCUT2D eigenvalue weighted by molar-refractivity contribution is 5.22. The first-order chi connectivity index (χ1) is 13.8. The lowest BCUT2D eigenvalue weighted by Crippen LogP contribution is -2.24. The summed E-state index contributed by atoms with van der Waals surface area (Å²) in [4.78, 5) is 17.8. The zero-order valence-electron chi connectivity index (χ0n) is 18.0. The van der Waals surface area contributed by atoms with Crippen molar-refractivity contribution < 1.29 is 0 Å². The molecule has 0 N–H and O–H groups in total. The van der Waals surface area contributed by atoms with Crippen LogP contribution in [-0.4, -0.2) is 30.1 Å². The van der Waals surface area contributed by atoms with Crippen LogP contribution in [0, 0.1) is 0 Å². The van der Waals surface area contributed by atoms with Crippen molar-refractivity contribution in [3.63, 3.8) is 0 Å². The van der Waals surface area contributed by atoms with Gasteiger partial charge in [-0.2, -0.15) is 10.2 Å². The topological polar surface area (TPSA) is 77.3 Å². The fourth-order valence-corrected chi connectivity index (χ4v) is 3.50. The lowest BCUT2D eigenvalue weighted by atomic mass is 9.80. The van der Waals surface area contributed by atoms with E-state index in [1.54, 1.807) is 12.5 Å². The maximum absolute atomic E-state index is 4.98. The van der Waals surface area contributed by atoms with Crippen molar-refractivity contribution in [1.29, 1.82) is 0 Å². The van der Waals surface area contributed by atoms with Crippen LogP contribution in [0.25, 0.3) is 0 Å². The van der Waals surface area contributed by atoms with Gasteiger partial charge in [0.15, 0.2) is 0 Å². The van der Waals surface area contributed by atoms with Gasteiger partial charge in [0.05, 0.1) is 17.6 Å². The van der Waals surface area contributed by atoms with Crippen LogP contribution in [0.5, 0.6) is 0 Å². The Morgan fingerprint density at radius 2 is 1.62 bits per heavy atom. The molecular formula is C23H30N6. The predicted octanol–water partition coefficient (Wildman–Crippen LogP) is 4.44. The first-order valence-corrected chi connectivity index (χ1v) is 10.1. The summed E-state index contributed by atoms with van der Waals surface area (Å²) in [5.41, 5.74) is 4.22. The average molecular weight is 391 g/mol. The van der Waals surface area contributed by atoms with Crippen molar-refractivity contribution in [3.05, 3.63) is 72.1 Å². The summed E-state index contributed by atoms with van der Waals surface area (Å²) in [6.07, 6.45) is 15.6. The lowest BCUT2D eigenvalue weighted by Gasteiger charge is -2.27. The molecule has 0 saturated heterocycles. The van der Waals surface area contributed by atoms with E-state index in [0.717, 1.165) is 36.2 Å². The zero-order valence-corrected chi connectivity index (χ0v) is 18.0. The smallest absolute Gasteiger partial charge is 0.115 e. The Bertz CT molecular complexity index is 909. The van der Waals surface area contributed by atoms with Gasteiger partial charge in [-0.15, -0.1) is 0 Å².